The molecule has 0 aliphatic carbocycles. The number of hydrogen-bond donors (Lipinski definition) is 2. The zero-order valence-corrected chi connectivity index (χ0v) is 14.3. The van der Waals surface area contributed by atoms with E-state index >= 15 is 0 Å². The average molecular weight is 328 g/mol. The first-order valence-corrected chi connectivity index (χ1v) is 7.84. The Morgan fingerprint density at radius 3 is 2.43 bits per heavy atom. The lowest BCUT2D eigenvalue weighted by Crippen LogP contribution is -2.21. The highest BCUT2D eigenvalue weighted by Crippen LogP contribution is 2.20. The average Bonchev–Trinajstić information content (AvgIpc) is 2.52. The van der Waals surface area contributed by atoms with E-state index in [1.807, 2.05) is 38.1 Å². The van der Waals surface area contributed by atoms with Crippen molar-refractivity contribution in [2.75, 3.05) is 17.2 Å². The predicted molar refractivity (Wildman–Crippen MR) is 98.2 cm³/mol. The summed E-state index contributed by atoms with van der Waals surface area (Å²) in [5.41, 5.74) is 4.34. The lowest BCUT2D eigenvalue weighted by atomic mass is 10.1. The highest BCUT2D eigenvalue weighted by molar-refractivity contribution is 7.80. The first kappa shape index (κ1) is 17.0. The number of ether oxygens (including phenoxy) is 1. The van der Waals surface area contributed by atoms with E-state index in [4.69, 9.17) is 17.0 Å². The van der Waals surface area contributed by atoms with Gasteiger partial charge in [0.2, 0.25) is 0 Å². The maximum atomic E-state index is 12.0. The van der Waals surface area contributed by atoms with Crippen molar-refractivity contribution < 1.29 is 9.53 Å². The van der Waals surface area contributed by atoms with E-state index in [0.717, 1.165) is 11.3 Å². The first-order chi connectivity index (χ1) is 11.0. The Hall–Kier alpha value is -2.40. The minimum atomic E-state index is -0.370. The van der Waals surface area contributed by atoms with Crippen LogP contribution in [0.5, 0.6) is 0 Å². The van der Waals surface area contributed by atoms with Crippen LogP contribution in [0.1, 0.15) is 28.4 Å². The van der Waals surface area contributed by atoms with Gasteiger partial charge in [-0.05, 0) is 62.3 Å². The second-order valence-corrected chi connectivity index (χ2v) is 5.50. The van der Waals surface area contributed by atoms with E-state index in [0.29, 0.717) is 23.0 Å². The number of rotatable bonds is 4. The number of hydrogen-bond acceptors (Lipinski definition) is 3. The Kier molecular flexibility index (Phi) is 5.71. The van der Waals surface area contributed by atoms with Gasteiger partial charge in [-0.2, -0.15) is 0 Å². The monoisotopic (exact) mass is 328 g/mol. The van der Waals surface area contributed by atoms with Gasteiger partial charge in [-0.25, -0.2) is 4.79 Å². The van der Waals surface area contributed by atoms with Crippen LogP contribution in [0.25, 0.3) is 0 Å². The Bertz CT molecular complexity index is 729. The van der Waals surface area contributed by atoms with Crippen LogP contribution >= 0.6 is 12.2 Å². The van der Waals surface area contributed by atoms with E-state index in [-0.39, 0.29) is 5.97 Å². The predicted octanol–water partition coefficient (Wildman–Crippen LogP) is 4.29. The van der Waals surface area contributed by atoms with Crippen molar-refractivity contribution in [1.82, 2.24) is 0 Å². The fourth-order valence-electron chi connectivity index (χ4n) is 2.14. The van der Waals surface area contributed by atoms with Gasteiger partial charge in [0.1, 0.15) is 0 Å². The molecule has 0 amide bonds. The lowest BCUT2D eigenvalue weighted by Gasteiger charge is -2.15. The summed E-state index contributed by atoms with van der Waals surface area (Å²) in [7, 11) is 0. The molecule has 0 bridgehead atoms. The van der Waals surface area contributed by atoms with Crippen molar-refractivity contribution in [3.63, 3.8) is 0 Å². The van der Waals surface area contributed by atoms with Crippen LogP contribution in [0.3, 0.4) is 0 Å². The van der Waals surface area contributed by atoms with E-state index in [2.05, 4.69) is 10.6 Å². The van der Waals surface area contributed by atoms with Gasteiger partial charge >= 0.3 is 5.97 Å². The molecule has 0 aliphatic rings. The highest BCUT2D eigenvalue weighted by atomic mass is 32.1. The van der Waals surface area contributed by atoms with Crippen LogP contribution in [-0.4, -0.2) is 17.7 Å². The summed E-state index contributed by atoms with van der Waals surface area (Å²) < 4.78 is 5.06. The largest absolute Gasteiger partial charge is 0.462 e. The van der Waals surface area contributed by atoms with Gasteiger partial charge in [0.25, 0.3) is 0 Å². The number of carbonyl (C=O) groups is 1. The van der Waals surface area contributed by atoms with Crippen LogP contribution in [0.4, 0.5) is 11.4 Å². The SMILES string of the molecule is CCOC(=O)c1ccccc1NC(=S)Nc1cccc(C)c1C. The van der Waals surface area contributed by atoms with Crippen molar-refractivity contribution in [3.05, 3.63) is 59.2 Å². The molecule has 5 heteroatoms. The summed E-state index contributed by atoms with van der Waals surface area (Å²) >= 11 is 5.36. The standard InChI is InChI=1S/C18H20N2O2S/c1-4-22-17(21)14-9-5-6-10-16(14)20-18(23)19-15-11-7-8-12(2)13(15)3/h5-11H,4H2,1-3H3,(H2,19,20,23). The molecule has 4 nitrogen and oxygen atoms in total. The van der Waals surface area contributed by atoms with Gasteiger partial charge in [0.15, 0.2) is 5.11 Å². The van der Waals surface area contributed by atoms with E-state index < -0.39 is 0 Å². The fraction of sp³-hybridized carbons (Fsp3) is 0.222. The molecule has 0 atom stereocenters. The number of nitrogens with one attached hydrogen (secondary N) is 2. The lowest BCUT2D eigenvalue weighted by molar-refractivity contribution is 0.0527. The number of thiocarbonyl (C=S) groups is 1. The third-order valence-corrected chi connectivity index (χ3v) is 3.73. The zero-order chi connectivity index (χ0) is 16.8. The number of esters is 1. The molecule has 0 radical (unpaired) electrons. The molecule has 2 aromatic rings. The number of para-hydroxylation sites is 1. The molecule has 23 heavy (non-hydrogen) atoms. The number of benzene rings is 2. The third-order valence-electron chi connectivity index (χ3n) is 3.52. The molecule has 2 N–H and O–H groups in total. The van der Waals surface area contributed by atoms with Gasteiger partial charge in [0, 0.05) is 5.69 Å². The summed E-state index contributed by atoms with van der Waals surface area (Å²) in [6.07, 6.45) is 0. The molecule has 0 unspecified atom stereocenters. The zero-order valence-electron chi connectivity index (χ0n) is 13.5. The van der Waals surface area contributed by atoms with Crippen LogP contribution in [-0.2, 0) is 4.74 Å². The van der Waals surface area contributed by atoms with Crippen LogP contribution in [0, 0.1) is 13.8 Å². The molecule has 0 spiro atoms. The molecule has 0 aliphatic heterocycles. The molecule has 0 heterocycles. The van der Waals surface area contributed by atoms with Crippen molar-refractivity contribution in [2.45, 2.75) is 20.8 Å². The highest BCUT2D eigenvalue weighted by Gasteiger charge is 2.13. The molecule has 2 aromatic carbocycles. The Morgan fingerprint density at radius 2 is 1.70 bits per heavy atom. The summed E-state index contributed by atoms with van der Waals surface area (Å²) in [6.45, 7) is 6.19. The van der Waals surface area contributed by atoms with E-state index in [1.165, 1.54) is 5.56 Å². The molecular formula is C18H20N2O2S. The van der Waals surface area contributed by atoms with Crippen molar-refractivity contribution >= 4 is 34.7 Å². The topological polar surface area (TPSA) is 50.4 Å². The first-order valence-electron chi connectivity index (χ1n) is 7.43. The maximum Gasteiger partial charge on any atom is 0.340 e. The van der Waals surface area contributed by atoms with E-state index in [9.17, 15) is 4.79 Å². The minimum absolute atomic E-state index is 0.332. The molecule has 0 saturated carbocycles. The third kappa shape index (κ3) is 4.29. The van der Waals surface area contributed by atoms with Gasteiger partial charge in [-0.1, -0.05) is 24.3 Å². The number of aryl methyl sites for hydroxylation is 1. The fourth-order valence-corrected chi connectivity index (χ4v) is 2.36. The molecule has 0 saturated heterocycles. The van der Waals surface area contributed by atoms with E-state index in [1.54, 1.807) is 25.1 Å². The Balaban J connectivity index is 2.15. The molecular weight excluding hydrogens is 308 g/mol. The summed E-state index contributed by atoms with van der Waals surface area (Å²) in [4.78, 5) is 12.0. The van der Waals surface area contributed by atoms with Crippen molar-refractivity contribution in [1.29, 1.82) is 0 Å². The summed E-state index contributed by atoms with van der Waals surface area (Å²) in [5, 5.41) is 6.66. The van der Waals surface area contributed by atoms with Crippen LogP contribution in [0.15, 0.2) is 42.5 Å². The summed E-state index contributed by atoms with van der Waals surface area (Å²) in [5.74, 6) is -0.370. The van der Waals surface area contributed by atoms with Gasteiger partial charge in [0.05, 0.1) is 17.9 Å². The van der Waals surface area contributed by atoms with Crippen LogP contribution < -0.4 is 10.6 Å². The second kappa shape index (κ2) is 7.74. The summed E-state index contributed by atoms with van der Waals surface area (Å²) in [6, 6.07) is 13.1. The number of carbonyl (C=O) groups excluding carboxylic acids is 1. The smallest absolute Gasteiger partial charge is 0.340 e. The quantitative estimate of drug-likeness (QED) is 0.648. The molecule has 0 aromatic heterocycles. The molecule has 120 valence electrons. The normalized spacial score (nSPS) is 10.0. The van der Waals surface area contributed by atoms with Crippen molar-refractivity contribution in [3.8, 4) is 0 Å². The van der Waals surface area contributed by atoms with Gasteiger partial charge in [-0.15, -0.1) is 0 Å². The minimum Gasteiger partial charge on any atom is -0.462 e. The van der Waals surface area contributed by atoms with Crippen LogP contribution in [0.2, 0.25) is 0 Å². The Morgan fingerprint density at radius 1 is 1.04 bits per heavy atom. The Labute approximate surface area is 141 Å². The maximum absolute atomic E-state index is 12.0. The van der Waals surface area contributed by atoms with Gasteiger partial charge < -0.3 is 15.4 Å². The molecule has 2 rings (SSSR count). The van der Waals surface area contributed by atoms with Gasteiger partial charge in [-0.3, -0.25) is 0 Å². The second-order valence-electron chi connectivity index (χ2n) is 5.09. The van der Waals surface area contributed by atoms with Crippen molar-refractivity contribution in [2.24, 2.45) is 0 Å². The number of anilines is 2. The molecule has 0 fully saturated rings.